The summed E-state index contributed by atoms with van der Waals surface area (Å²) in [6.45, 7) is 2.29. The molecule has 0 aliphatic carbocycles. The molecule has 15 heavy (non-hydrogen) atoms. The maximum Gasteiger partial charge on any atom is 0.134 e. The Labute approximate surface area is 97.6 Å². The molecule has 1 unspecified atom stereocenters. The fourth-order valence-corrected chi connectivity index (χ4v) is 2.06. The minimum atomic E-state index is 0.323. The molecule has 2 N–H and O–H groups in total. The normalized spacial score (nSPS) is 20.7. The van der Waals surface area contributed by atoms with Crippen LogP contribution in [0.2, 0.25) is 0 Å². The second-order valence-electron chi connectivity index (χ2n) is 3.69. The summed E-state index contributed by atoms with van der Waals surface area (Å²) < 4.78 is 6.01. The number of phenolic OH excluding ortho intramolecular Hbond substituents is 1. The third-order valence-corrected chi connectivity index (χ3v) is 3.22. The van der Waals surface area contributed by atoms with Crippen molar-refractivity contribution in [1.82, 2.24) is 5.32 Å². The van der Waals surface area contributed by atoms with E-state index in [4.69, 9.17) is 4.74 Å². The smallest absolute Gasteiger partial charge is 0.134 e. The fourth-order valence-electron chi connectivity index (χ4n) is 1.65. The van der Waals surface area contributed by atoms with Crippen molar-refractivity contribution in [3.05, 3.63) is 28.2 Å². The largest absolute Gasteiger partial charge is 0.506 e. The zero-order chi connectivity index (χ0) is 10.7. The molecular formula is C11H14BrNO2. The molecule has 0 aromatic heterocycles. The van der Waals surface area contributed by atoms with Gasteiger partial charge in [0.25, 0.3) is 0 Å². The van der Waals surface area contributed by atoms with E-state index in [0.29, 0.717) is 18.3 Å². The van der Waals surface area contributed by atoms with Crippen molar-refractivity contribution in [2.24, 2.45) is 0 Å². The molecule has 0 saturated carbocycles. The Kier molecular flexibility index (Phi) is 3.61. The first-order valence-corrected chi connectivity index (χ1v) is 5.84. The summed E-state index contributed by atoms with van der Waals surface area (Å²) >= 11 is 3.30. The highest BCUT2D eigenvalue weighted by molar-refractivity contribution is 9.10. The van der Waals surface area contributed by atoms with Gasteiger partial charge in [-0.05, 0) is 28.4 Å². The molecule has 1 fully saturated rings. The van der Waals surface area contributed by atoms with Crippen LogP contribution in [0.4, 0.5) is 0 Å². The van der Waals surface area contributed by atoms with Crippen molar-refractivity contribution in [3.63, 3.8) is 0 Å². The zero-order valence-corrected chi connectivity index (χ0v) is 9.96. The molecule has 1 aliphatic heterocycles. The third kappa shape index (κ3) is 2.71. The standard InChI is InChI=1S/C11H14BrNO2/c12-10-3-1-2-8(11(10)14)6-13-9-4-5-15-7-9/h1-3,9,13-14H,4-7H2. The Balaban J connectivity index is 1.95. The van der Waals surface area contributed by atoms with E-state index in [0.717, 1.165) is 29.7 Å². The Morgan fingerprint density at radius 3 is 3.13 bits per heavy atom. The number of para-hydroxylation sites is 1. The van der Waals surface area contributed by atoms with Gasteiger partial charge in [-0.1, -0.05) is 12.1 Å². The van der Waals surface area contributed by atoms with E-state index in [1.807, 2.05) is 18.2 Å². The van der Waals surface area contributed by atoms with E-state index < -0.39 is 0 Å². The minimum Gasteiger partial charge on any atom is -0.506 e. The summed E-state index contributed by atoms with van der Waals surface area (Å²) in [5, 5.41) is 13.1. The van der Waals surface area contributed by atoms with Crippen molar-refractivity contribution >= 4 is 15.9 Å². The van der Waals surface area contributed by atoms with Crippen LogP contribution in [0.25, 0.3) is 0 Å². The van der Waals surface area contributed by atoms with E-state index >= 15 is 0 Å². The van der Waals surface area contributed by atoms with Crippen molar-refractivity contribution in [3.8, 4) is 5.75 Å². The summed E-state index contributed by atoms with van der Waals surface area (Å²) in [5.74, 6) is 0.323. The van der Waals surface area contributed by atoms with Crippen LogP contribution in [0.5, 0.6) is 5.75 Å². The molecule has 1 aromatic carbocycles. The van der Waals surface area contributed by atoms with E-state index in [1.165, 1.54) is 0 Å². The number of aromatic hydroxyl groups is 1. The van der Waals surface area contributed by atoms with Gasteiger partial charge in [0.05, 0.1) is 11.1 Å². The number of halogens is 1. The number of hydrogen-bond donors (Lipinski definition) is 2. The molecule has 2 rings (SSSR count). The summed E-state index contributed by atoms with van der Waals surface area (Å²) in [5.41, 5.74) is 0.913. The first kappa shape index (κ1) is 10.9. The molecule has 1 aromatic rings. The molecule has 1 atom stereocenters. The monoisotopic (exact) mass is 271 g/mol. The van der Waals surface area contributed by atoms with Crippen LogP contribution in [0.3, 0.4) is 0 Å². The molecule has 3 nitrogen and oxygen atoms in total. The Hall–Kier alpha value is -0.580. The Morgan fingerprint density at radius 2 is 2.40 bits per heavy atom. The van der Waals surface area contributed by atoms with Crippen LogP contribution >= 0.6 is 15.9 Å². The number of benzene rings is 1. The molecule has 1 aliphatic rings. The molecule has 0 bridgehead atoms. The number of phenols is 1. The van der Waals surface area contributed by atoms with Crippen molar-refractivity contribution < 1.29 is 9.84 Å². The van der Waals surface area contributed by atoms with Crippen LogP contribution in [-0.2, 0) is 11.3 Å². The highest BCUT2D eigenvalue weighted by Gasteiger charge is 2.15. The summed E-state index contributed by atoms with van der Waals surface area (Å²) in [6, 6.07) is 6.09. The summed E-state index contributed by atoms with van der Waals surface area (Å²) in [7, 11) is 0. The SMILES string of the molecule is Oc1c(Br)cccc1CNC1CCOC1. The van der Waals surface area contributed by atoms with Gasteiger partial charge in [0.2, 0.25) is 0 Å². The second kappa shape index (κ2) is 4.96. The lowest BCUT2D eigenvalue weighted by Gasteiger charge is -2.11. The molecular weight excluding hydrogens is 258 g/mol. The molecule has 4 heteroatoms. The molecule has 0 radical (unpaired) electrons. The van der Waals surface area contributed by atoms with Gasteiger partial charge in [-0.25, -0.2) is 0 Å². The van der Waals surface area contributed by atoms with Gasteiger partial charge < -0.3 is 15.2 Å². The van der Waals surface area contributed by atoms with E-state index in [1.54, 1.807) is 0 Å². The average Bonchev–Trinajstić information content (AvgIpc) is 2.73. The number of ether oxygens (including phenoxy) is 1. The quantitative estimate of drug-likeness (QED) is 0.884. The number of hydrogen-bond acceptors (Lipinski definition) is 3. The topological polar surface area (TPSA) is 41.5 Å². The maximum atomic E-state index is 9.75. The predicted octanol–water partition coefficient (Wildman–Crippen LogP) is 2.03. The van der Waals surface area contributed by atoms with Crippen LogP contribution in [0.1, 0.15) is 12.0 Å². The van der Waals surface area contributed by atoms with Gasteiger partial charge in [-0.2, -0.15) is 0 Å². The third-order valence-electron chi connectivity index (χ3n) is 2.58. The van der Waals surface area contributed by atoms with Crippen molar-refractivity contribution in [1.29, 1.82) is 0 Å². The summed E-state index contributed by atoms with van der Waals surface area (Å²) in [6.07, 6.45) is 1.05. The molecule has 1 heterocycles. The molecule has 0 amide bonds. The Morgan fingerprint density at radius 1 is 1.53 bits per heavy atom. The lowest BCUT2D eigenvalue weighted by Crippen LogP contribution is -2.28. The van der Waals surface area contributed by atoms with Gasteiger partial charge in [0.1, 0.15) is 5.75 Å². The lowest BCUT2D eigenvalue weighted by atomic mass is 10.2. The number of nitrogens with one attached hydrogen (secondary N) is 1. The lowest BCUT2D eigenvalue weighted by molar-refractivity contribution is 0.189. The highest BCUT2D eigenvalue weighted by atomic mass is 79.9. The van der Waals surface area contributed by atoms with E-state index in [9.17, 15) is 5.11 Å². The van der Waals surface area contributed by atoms with Gasteiger partial charge in [-0.15, -0.1) is 0 Å². The van der Waals surface area contributed by atoms with Crippen LogP contribution in [0.15, 0.2) is 22.7 Å². The predicted molar refractivity (Wildman–Crippen MR) is 61.9 cm³/mol. The fraction of sp³-hybridized carbons (Fsp3) is 0.455. The first-order valence-electron chi connectivity index (χ1n) is 5.05. The van der Waals surface area contributed by atoms with Crippen LogP contribution in [-0.4, -0.2) is 24.4 Å². The van der Waals surface area contributed by atoms with Gasteiger partial charge in [0, 0.05) is 24.8 Å². The molecule has 0 spiro atoms. The summed E-state index contributed by atoms with van der Waals surface area (Å²) in [4.78, 5) is 0. The highest BCUT2D eigenvalue weighted by Crippen LogP contribution is 2.27. The van der Waals surface area contributed by atoms with Gasteiger partial charge >= 0.3 is 0 Å². The van der Waals surface area contributed by atoms with Crippen molar-refractivity contribution in [2.45, 2.75) is 19.0 Å². The van der Waals surface area contributed by atoms with E-state index in [2.05, 4.69) is 21.2 Å². The first-order chi connectivity index (χ1) is 7.27. The molecule has 82 valence electrons. The maximum absolute atomic E-state index is 9.75. The Bertz CT molecular complexity index is 337. The van der Waals surface area contributed by atoms with Crippen LogP contribution < -0.4 is 5.32 Å². The zero-order valence-electron chi connectivity index (χ0n) is 8.37. The second-order valence-corrected chi connectivity index (χ2v) is 4.54. The van der Waals surface area contributed by atoms with Crippen molar-refractivity contribution in [2.75, 3.05) is 13.2 Å². The minimum absolute atomic E-state index is 0.323. The average molecular weight is 272 g/mol. The van der Waals surface area contributed by atoms with Gasteiger partial charge in [0.15, 0.2) is 0 Å². The number of rotatable bonds is 3. The van der Waals surface area contributed by atoms with Gasteiger partial charge in [-0.3, -0.25) is 0 Å². The van der Waals surface area contributed by atoms with Crippen LogP contribution in [0, 0.1) is 0 Å². The van der Waals surface area contributed by atoms with E-state index in [-0.39, 0.29) is 0 Å². The molecule has 1 saturated heterocycles.